The molecule has 0 saturated heterocycles. The summed E-state index contributed by atoms with van der Waals surface area (Å²) in [6.45, 7) is 10.6. The molecule has 1 aliphatic carbocycles. The van der Waals surface area contributed by atoms with Gasteiger partial charge < -0.3 is 5.32 Å². The molecular weight excluding hydrogens is 272 g/mol. The van der Waals surface area contributed by atoms with Crippen molar-refractivity contribution in [2.45, 2.75) is 53.0 Å². The average molecular weight is 296 g/mol. The first kappa shape index (κ1) is 14.9. The van der Waals surface area contributed by atoms with E-state index in [2.05, 4.69) is 66.2 Å². The van der Waals surface area contributed by atoms with E-state index in [4.69, 9.17) is 0 Å². The maximum atomic E-state index is 4.59. The number of anilines is 1. The molecule has 1 aromatic carbocycles. The van der Waals surface area contributed by atoms with Crippen LogP contribution in [0.25, 0.3) is 0 Å². The number of fused-ring (bicyclic) bond motifs is 1. The fourth-order valence-corrected chi connectivity index (χ4v) is 3.15. The quantitative estimate of drug-likeness (QED) is 0.931. The van der Waals surface area contributed by atoms with Crippen LogP contribution in [0.15, 0.2) is 18.2 Å². The lowest BCUT2D eigenvalue weighted by Crippen LogP contribution is -2.18. The Morgan fingerprint density at radius 1 is 1.14 bits per heavy atom. The number of rotatable bonds is 3. The molecule has 0 unspecified atom stereocenters. The molecule has 0 saturated carbocycles. The number of nitrogens with zero attached hydrogens (tertiary/aromatic N) is 3. The summed E-state index contributed by atoms with van der Waals surface area (Å²) < 4.78 is 0. The Morgan fingerprint density at radius 2 is 1.91 bits per heavy atom. The van der Waals surface area contributed by atoms with Gasteiger partial charge in [0.2, 0.25) is 5.95 Å². The van der Waals surface area contributed by atoms with Crippen molar-refractivity contribution in [2.24, 2.45) is 5.92 Å². The molecule has 0 amide bonds. The third-order valence-electron chi connectivity index (χ3n) is 4.31. The van der Waals surface area contributed by atoms with Gasteiger partial charge in [-0.15, -0.1) is 0 Å². The van der Waals surface area contributed by atoms with Crippen LogP contribution in [0.1, 0.15) is 61.1 Å². The summed E-state index contributed by atoms with van der Waals surface area (Å²) >= 11 is 0. The summed E-state index contributed by atoms with van der Waals surface area (Å²) in [5, 5.41) is 3.55. The molecule has 22 heavy (non-hydrogen) atoms. The number of benzene rings is 1. The van der Waals surface area contributed by atoms with Gasteiger partial charge in [-0.2, -0.15) is 9.97 Å². The molecule has 116 valence electrons. The highest BCUT2D eigenvalue weighted by Crippen LogP contribution is 2.38. The van der Waals surface area contributed by atoms with Gasteiger partial charge >= 0.3 is 0 Å². The van der Waals surface area contributed by atoms with E-state index in [1.54, 1.807) is 0 Å². The maximum absolute atomic E-state index is 4.59. The number of aryl methyl sites for hydroxylation is 2. The van der Waals surface area contributed by atoms with Crippen molar-refractivity contribution in [2.75, 3.05) is 5.32 Å². The van der Waals surface area contributed by atoms with Crippen molar-refractivity contribution in [1.82, 2.24) is 15.0 Å². The number of hydrogen-bond acceptors (Lipinski definition) is 4. The average Bonchev–Trinajstić information content (AvgIpc) is 2.74. The molecule has 1 heterocycles. The summed E-state index contributed by atoms with van der Waals surface area (Å²) in [5.74, 6) is 3.16. The van der Waals surface area contributed by atoms with Crippen LogP contribution in [0, 0.1) is 19.8 Å². The van der Waals surface area contributed by atoms with Crippen LogP contribution >= 0.6 is 0 Å². The largest absolute Gasteiger partial charge is 0.347 e. The van der Waals surface area contributed by atoms with E-state index in [0.717, 1.165) is 18.1 Å². The summed E-state index contributed by atoms with van der Waals surface area (Å²) in [4.78, 5) is 13.5. The highest BCUT2D eigenvalue weighted by Gasteiger charge is 2.30. The van der Waals surface area contributed by atoms with E-state index >= 15 is 0 Å². The van der Waals surface area contributed by atoms with Crippen LogP contribution in [-0.2, 0) is 6.42 Å². The van der Waals surface area contributed by atoms with Crippen LogP contribution in [0.5, 0.6) is 0 Å². The summed E-state index contributed by atoms with van der Waals surface area (Å²) in [7, 11) is 0. The Bertz CT molecular complexity index is 693. The fraction of sp³-hybridized carbons (Fsp3) is 0.500. The standard InChI is InChI=1S/C18H24N4/c1-10(2)17-19-13(5)20-18(22-17)21-16-12(4)9-14-7-6-11(3)8-15(14)16/h6-8,10,12,16H,9H2,1-5H3,(H,19,20,21,22)/t12-,16+/m0/s1. The second-order valence-corrected chi connectivity index (χ2v) is 6.72. The Kier molecular flexibility index (Phi) is 3.85. The van der Waals surface area contributed by atoms with Gasteiger partial charge in [0.05, 0.1) is 6.04 Å². The first-order valence-electron chi connectivity index (χ1n) is 8.02. The lowest BCUT2D eigenvalue weighted by Gasteiger charge is -2.20. The zero-order valence-electron chi connectivity index (χ0n) is 14.0. The van der Waals surface area contributed by atoms with Crippen molar-refractivity contribution < 1.29 is 0 Å². The number of hydrogen-bond donors (Lipinski definition) is 1. The normalized spacial score (nSPS) is 20.3. The van der Waals surface area contributed by atoms with E-state index < -0.39 is 0 Å². The molecule has 3 rings (SSSR count). The van der Waals surface area contributed by atoms with Crippen molar-refractivity contribution in [3.05, 3.63) is 46.5 Å². The molecule has 4 heteroatoms. The van der Waals surface area contributed by atoms with Gasteiger partial charge in [0.25, 0.3) is 0 Å². The van der Waals surface area contributed by atoms with E-state index in [1.807, 2.05) is 6.92 Å². The lowest BCUT2D eigenvalue weighted by molar-refractivity contribution is 0.537. The van der Waals surface area contributed by atoms with Gasteiger partial charge in [-0.1, -0.05) is 44.5 Å². The Hall–Kier alpha value is -1.97. The number of aromatic nitrogens is 3. The van der Waals surface area contributed by atoms with Crippen LogP contribution in [0.3, 0.4) is 0 Å². The molecule has 1 aromatic heterocycles. The highest BCUT2D eigenvalue weighted by atomic mass is 15.2. The maximum Gasteiger partial charge on any atom is 0.226 e. The molecule has 0 spiro atoms. The van der Waals surface area contributed by atoms with Crippen LogP contribution in [-0.4, -0.2) is 15.0 Å². The Balaban J connectivity index is 1.92. The molecule has 1 N–H and O–H groups in total. The van der Waals surface area contributed by atoms with Gasteiger partial charge in [0.15, 0.2) is 0 Å². The molecule has 0 fully saturated rings. The second kappa shape index (κ2) is 5.67. The molecule has 1 aliphatic rings. The van der Waals surface area contributed by atoms with Crippen LogP contribution in [0.2, 0.25) is 0 Å². The molecular formula is C18H24N4. The predicted molar refractivity (Wildman–Crippen MR) is 89.1 cm³/mol. The van der Waals surface area contributed by atoms with Crippen molar-refractivity contribution >= 4 is 5.95 Å². The minimum absolute atomic E-state index is 0.275. The van der Waals surface area contributed by atoms with Gasteiger partial charge in [-0.05, 0) is 37.3 Å². The van der Waals surface area contributed by atoms with Crippen molar-refractivity contribution in [1.29, 1.82) is 0 Å². The van der Waals surface area contributed by atoms with E-state index in [1.165, 1.54) is 16.7 Å². The molecule has 2 atom stereocenters. The molecule has 0 radical (unpaired) electrons. The zero-order valence-corrected chi connectivity index (χ0v) is 14.0. The number of nitrogens with one attached hydrogen (secondary N) is 1. The molecule has 0 aliphatic heterocycles. The minimum Gasteiger partial charge on any atom is -0.347 e. The molecule has 2 aromatic rings. The molecule has 0 bridgehead atoms. The molecule has 4 nitrogen and oxygen atoms in total. The van der Waals surface area contributed by atoms with Crippen molar-refractivity contribution in [3.63, 3.8) is 0 Å². The fourth-order valence-electron chi connectivity index (χ4n) is 3.15. The second-order valence-electron chi connectivity index (χ2n) is 6.72. The SMILES string of the molecule is Cc1ccc2c(c1)[C@H](Nc1nc(C)nc(C(C)C)n1)[C@@H](C)C2. The topological polar surface area (TPSA) is 50.7 Å². The first-order chi connectivity index (χ1) is 10.4. The highest BCUT2D eigenvalue weighted by molar-refractivity contribution is 5.43. The Morgan fingerprint density at radius 3 is 2.64 bits per heavy atom. The zero-order chi connectivity index (χ0) is 15.9. The van der Waals surface area contributed by atoms with Gasteiger partial charge in [-0.3, -0.25) is 0 Å². The van der Waals surface area contributed by atoms with E-state index in [0.29, 0.717) is 17.8 Å². The van der Waals surface area contributed by atoms with Gasteiger partial charge in [0.1, 0.15) is 11.6 Å². The minimum atomic E-state index is 0.275. The van der Waals surface area contributed by atoms with E-state index in [9.17, 15) is 0 Å². The summed E-state index contributed by atoms with van der Waals surface area (Å²) in [6.07, 6.45) is 1.11. The summed E-state index contributed by atoms with van der Waals surface area (Å²) in [6, 6.07) is 7.00. The van der Waals surface area contributed by atoms with Gasteiger partial charge in [0, 0.05) is 5.92 Å². The lowest BCUT2D eigenvalue weighted by atomic mass is 10.0. The van der Waals surface area contributed by atoms with Gasteiger partial charge in [-0.25, -0.2) is 4.98 Å². The smallest absolute Gasteiger partial charge is 0.226 e. The Labute approximate surface area is 132 Å². The van der Waals surface area contributed by atoms with Crippen molar-refractivity contribution in [3.8, 4) is 0 Å². The third-order valence-corrected chi connectivity index (χ3v) is 4.31. The summed E-state index contributed by atoms with van der Waals surface area (Å²) in [5.41, 5.74) is 4.12. The van der Waals surface area contributed by atoms with Crippen LogP contribution in [0.4, 0.5) is 5.95 Å². The first-order valence-corrected chi connectivity index (χ1v) is 8.02. The van der Waals surface area contributed by atoms with E-state index in [-0.39, 0.29) is 6.04 Å². The predicted octanol–water partition coefficient (Wildman–Crippen LogP) is 3.96. The van der Waals surface area contributed by atoms with Crippen LogP contribution < -0.4 is 5.32 Å². The third kappa shape index (κ3) is 2.82. The monoisotopic (exact) mass is 296 g/mol.